The Morgan fingerprint density at radius 3 is 2.75 bits per heavy atom. The number of halogens is 1. The van der Waals surface area contributed by atoms with Crippen molar-refractivity contribution in [2.75, 3.05) is 18.4 Å². The summed E-state index contributed by atoms with van der Waals surface area (Å²) in [5.41, 5.74) is 0. The molecule has 0 amide bonds. The summed E-state index contributed by atoms with van der Waals surface area (Å²) in [5.74, 6) is 1.21. The molecule has 0 aliphatic heterocycles. The molecule has 1 saturated carbocycles. The number of hydrogen-bond acceptors (Lipinski definition) is 4. The molecule has 5 nitrogen and oxygen atoms in total. The molecule has 2 N–H and O–H groups in total. The van der Waals surface area contributed by atoms with Gasteiger partial charge in [-0.25, -0.2) is 18.1 Å². The van der Waals surface area contributed by atoms with E-state index >= 15 is 0 Å². The van der Waals surface area contributed by atoms with Crippen LogP contribution in [0.5, 0.6) is 0 Å². The summed E-state index contributed by atoms with van der Waals surface area (Å²) in [7, 11) is -3.51. The zero-order valence-electron chi connectivity index (χ0n) is 11.5. The predicted molar refractivity (Wildman–Crippen MR) is 80.6 cm³/mol. The van der Waals surface area contributed by atoms with E-state index in [0.29, 0.717) is 23.3 Å². The molecule has 1 aromatic heterocycles. The smallest absolute Gasteiger partial charge is 0.242 e. The third kappa shape index (κ3) is 4.33. The van der Waals surface area contributed by atoms with Crippen molar-refractivity contribution in [3.63, 3.8) is 0 Å². The van der Waals surface area contributed by atoms with Gasteiger partial charge in [-0.15, -0.1) is 0 Å². The third-order valence-corrected chi connectivity index (χ3v) is 4.93. The minimum absolute atomic E-state index is 0.111. The molecular weight excluding hydrogens is 298 g/mol. The van der Waals surface area contributed by atoms with E-state index in [1.807, 2.05) is 6.92 Å². The number of pyridine rings is 1. The van der Waals surface area contributed by atoms with Crippen molar-refractivity contribution in [3.05, 3.63) is 17.3 Å². The molecule has 0 radical (unpaired) electrons. The number of nitrogens with one attached hydrogen (secondary N) is 2. The van der Waals surface area contributed by atoms with E-state index in [1.54, 1.807) is 0 Å². The molecule has 0 aromatic carbocycles. The van der Waals surface area contributed by atoms with Crippen LogP contribution in [0.15, 0.2) is 17.2 Å². The number of hydrogen-bond donors (Lipinski definition) is 2. The van der Waals surface area contributed by atoms with Crippen molar-refractivity contribution in [1.82, 2.24) is 9.71 Å². The lowest BCUT2D eigenvalue weighted by Gasteiger charge is -2.09. The van der Waals surface area contributed by atoms with Crippen molar-refractivity contribution in [3.8, 4) is 0 Å². The number of rotatable bonds is 8. The van der Waals surface area contributed by atoms with Crippen molar-refractivity contribution in [2.24, 2.45) is 5.92 Å². The highest BCUT2D eigenvalue weighted by atomic mass is 35.5. The van der Waals surface area contributed by atoms with Crippen molar-refractivity contribution >= 4 is 27.4 Å². The lowest BCUT2D eigenvalue weighted by molar-refractivity contribution is 0.575. The lowest BCUT2D eigenvalue weighted by atomic mass is 10.3. The molecule has 0 saturated heterocycles. The van der Waals surface area contributed by atoms with Crippen LogP contribution in [0.2, 0.25) is 5.02 Å². The molecule has 1 fully saturated rings. The Morgan fingerprint density at radius 2 is 2.15 bits per heavy atom. The van der Waals surface area contributed by atoms with E-state index in [1.165, 1.54) is 25.1 Å². The first-order valence-corrected chi connectivity index (χ1v) is 8.78. The van der Waals surface area contributed by atoms with Gasteiger partial charge in [-0.05, 0) is 24.8 Å². The molecule has 7 heteroatoms. The van der Waals surface area contributed by atoms with Gasteiger partial charge in [0.25, 0.3) is 0 Å². The SMILES string of the molecule is CCCNc1ncc(S(=O)(=O)NCCC2CC2)cc1Cl. The van der Waals surface area contributed by atoms with Gasteiger partial charge in [0.15, 0.2) is 0 Å². The van der Waals surface area contributed by atoms with Gasteiger partial charge < -0.3 is 5.32 Å². The van der Waals surface area contributed by atoms with Crippen LogP contribution >= 0.6 is 11.6 Å². The van der Waals surface area contributed by atoms with Gasteiger partial charge in [0, 0.05) is 19.3 Å². The van der Waals surface area contributed by atoms with Crippen molar-refractivity contribution in [1.29, 1.82) is 0 Å². The molecule has 112 valence electrons. The lowest BCUT2D eigenvalue weighted by Crippen LogP contribution is -2.25. The number of nitrogens with zero attached hydrogens (tertiary/aromatic N) is 1. The van der Waals surface area contributed by atoms with Gasteiger partial charge in [0.05, 0.1) is 5.02 Å². The normalized spacial score (nSPS) is 15.3. The van der Waals surface area contributed by atoms with E-state index in [2.05, 4.69) is 15.0 Å². The summed E-state index contributed by atoms with van der Waals surface area (Å²) in [4.78, 5) is 4.19. The van der Waals surface area contributed by atoms with Gasteiger partial charge in [-0.3, -0.25) is 0 Å². The molecule has 0 spiro atoms. The van der Waals surface area contributed by atoms with Crippen LogP contribution in [0, 0.1) is 5.92 Å². The zero-order chi connectivity index (χ0) is 14.6. The van der Waals surface area contributed by atoms with Gasteiger partial charge >= 0.3 is 0 Å². The van der Waals surface area contributed by atoms with Crippen molar-refractivity contribution in [2.45, 2.75) is 37.5 Å². The minimum Gasteiger partial charge on any atom is -0.369 e. The molecule has 1 aliphatic rings. The van der Waals surface area contributed by atoms with E-state index in [-0.39, 0.29) is 4.90 Å². The molecular formula is C13H20ClN3O2S. The second-order valence-corrected chi connectivity index (χ2v) is 7.23. The van der Waals surface area contributed by atoms with Crippen LogP contribution in [-0.4, -0.2) is 26.5 Å². The Balaban J connectivity index is 2.00. The quantitative estimate of drug-likeness (QED) is 0.773. The standard InChI is InChI=1S/C13H20ClN3O2S/c1-2-6-15-13-12(14)8-11(9-16-13)20(18,19)17-7-5-10-3-4-10/h8-10,17H,2-7H2,1H3,(H,15,16). The molecule has 1 aliphatic carbocycles. The predicted octanol–water partition coefficient (Wildman–Crippen LogP) is 2.64. The van der Waals surface area contributed by atoms with Crippen LogP contribution in [0.3, 0.4) is 0 Å². The molecule has 2 rings (SSSR count). The topological polar surface area (TPSA) is 71.1 Å². The van der Waals surface area contributed by atoms with E-state index in [9.17, 15) is 8.42 Å². The first-order valence-electron chi connectivity index (χ1n) is 6.92. The summed E-state index contributed by atoms with van der Waals surface area (Å²) >= 11 is 6.05. The van der Waals surface area contributed by atoms with Gasteiger partial charge in [0.1, 0.15) is 10.7 Å². The number of aromatic nitrogens is 1. The summed E-state index contributed by atoms with van der Waals surface area (Å²) in [6, 6.07) is 1.44. The highest BCUT2D eigenvalue weighted by Crippen LogP contribution is 2.31. The van der Waals surface area contributed by atoms with Crippen molar-refractivity contribution < 1.29 is 8.42 Å². The molecule has 20 heavy (non-hydrogen) atoms. The van der Waals surface area contributed by atoms with Gasteiger partial charge in [-0.1, -0.05) is 31.4 Å². The fraction of sp³-hybridized carbons (Fsp3) is 0.615. The van der Waals surface area contributed by atoms with Gasteiger partial charge in [0.2, 0.25) is 10.0 Å². The highest BCUT2D eigenvalue weighted by Gasteiger charge is 2.22. The monoisotopic (exact) mass is 317 g/mol. The minimum atomic E-state index is -3.51. The second kappa shape index (κ2) is 6.74. The van der Waals surface area contributed by atoms with E-state index < -0.39 is 10.0 Å². The van der Waals surface area contributed by atoms with Crippen LogP contribution in [0.4, 0.5) is 5.82 Å². The molecule has 0 unspecified atom stereocenters. The Bertz CT molecular complexity index is 559. The largest absolute Gasteiger partial charge is 0.369 e. The first-order chi connectivity index (χ1) is 9.53. The maximum absolute atomic E-state index is 12.1. The van der Waals surface area contributed by atoms with Crippen LogP contribution < -0.4 is 10.0 Å². The molecule has 0 atom stereocenters. The number of anilines is 1. The fourth-order valence-electron chi connectivity index (χ4n) is 1.83. The Labute approximate surface area is 125 Å². The molecule has 0 bridgehead atoms. The number of sulfonamides is 1. The second-order valence-electron chi connectivity index (χ2n) is 5.06. The van der Waals surface area contributed by atoms with Gasteiger partial charge in [-0.2, -0.15) is 0 Å². The zero-order valence-corrected chi connectivity index (χ0v) is 13.1. The fourth-order valence-corrected chi connectivity index (χ4v) is 3.14. The Morgan fingerprint density at radius 1 is 1.40 bits per heavy atom. The third-order valence-electron chi connectivity index (χ3n) is 3.21. The maximum Gasteiger partial charge on any atom is 0.242 e. The average Bonchev–Trinajstić information content (AvgIpc) is 3.21. The Hall–Kier alpha value is -0.850. The summed E-state index contributed by atoms with van der Waals surface area (Å²) in [6.45, 7) is 3.25. The van der Waals surface area contributed by atoms with Crippen LogP contribution in [0.25, 0.3) is 0 Å². The summed E-state index contributed by atoms with van der Waals surface area (Å²) < 4.78 is 26.8. The first kappa shape index (κ1) is 15.5. The summed E-state index contributed by atoms with van der Waals surface area (Å²) in [5, 5.41) is 3.37. The average molecular weight is 318 g/mol. The van der Waals surface area contributed by atoms with E-state index in [0.717, 1.165) is 19.4 Å². The highest BCUT2D eigenvalue weighted by molar-refractivity contribution is 7.89. The maximum atomic E-state index is 12.1. The summed E-state index contributed by atoms with van der Waals surface area (Å²) in [6.07, 6.45) is 5.61. The van der Waals surface area contributed by atoms with Crippen LogP contribution in [0.1, 0.15) is 32.6 Å². The molecule has 1 aromatic rings. The van der Waals surface area contributed by atoms with E-state index in [4.69, 9.17) is 11.6 Å². The molecule has 1 heterocycles. The Kier molecular flexibility index (Phi) is 5.23. The van der Waals surface area contributed by atoms with Crippen LogP contribution in [-0.2, 0) is 10.0 Å².